The molecule has 0 amide bonds. The second kappa shape index (κ2) is 5.79. The summed E-state index contributed by atoms with van der Waals surface area (Å²) in [5, 5.41) is 23.8. The van der Waals surface area contributed by atoms with Crippen molar-refractivity contribution in [2.45, 2.75) is 20.3 Å². The van der Waals surface area contributed by atoms with E-state index in [1.807, 2.05) is 24.3 Å². The van der Waals surface area contributed by atoms with E-state index >= 15 is 0 Å². The Morgan fingerprint density at radius 3 is 2.89 bits per heavy atom. The number of benzene rings is 1. The summed E-state index contributed by atoms with van der Waals surface area (Å²) in [5.74, 6) is 0. The molecule has 1 aromatic heterocycles. The molecule has 2 aromatic rings. The number of rotatable bonds is 6. The van der Waals surface area contributed by atoms with Gasteiger partial charge in [-0.15, -0.1) is 5.10 Å². The van der Waals surface area contributed by atoms with Crippen molar-refractivity contribution in [3.05, 3.63) is 30.6 Å². The SMILES string of the molecule is CCC(C)(CO)CNc1cccc(-n2cnnn2)c1. The Labute approximate surface area is 112 Å². The second-order valence-electron chi connectivity index (χ2n) is 4.98. The summed E-state index contributed by atoms with van der Waals surface area (Å²) in [4.78, 5) is 0. The zero-order valence-electron chi connectivity index (χ0n) is 11.2. The molecule has 1 aromatic carbocycles. The van der Waals surface area contributed by atoms with Gasteiger partial charge >= 0.3 is 0 Å². The van der Waals surface area contributed by atoms with Gasteiger partial charge in [-0.1, -0.05) is 19.9 Å². The molecular formula is C13H19N5O. The molecule has 1 atom stereocenters. The van der Waals surface area contributed by atoms with Gasteiger partial charge in [-0.3, -0.25) is 0 Å². The van der Waals surface area contributed by atoms with Crippen molar-refractivity contribution in [3.8, 4) is 5.69 Å². The summed E-state index contributed by atoms with van der Waals surface area (Å²) in [7, 11) is 0. The number of hydrogen-bond acceptors (Lipinski definition) is 5. The van der Waals surface area contributed by atoms with E-state index in [2.05, 4.69) is 34.7 Å². The highest BCUT2D eigenvalue weighted by Gasteiger charge is 2.20. The third kappa shape index (κ3) is 3.29. The number of aliphatic hydroxyl groups is 1. The minimum absolute atomic E-state index is 0.106. The Balaban J connectivity index is 2.08. The van der Waals surface area contributed by atoms with Crippen molar-refractivity contribution in [2.75, 3.05) is 18.5 Å². The summed E-state index contributed by atoms with van der Waals surface area (Å²) in [6, 6.07) is 7.85. The first-order valence-electron chi connectivity index (χ1n) is 6.35. The van der Waals surface area contributed by atoms with Crippen LogP contribution in [-0.2, 0) is 0 Å². The Morgan fingerprint density at radius 2 is 2.26 bits per heavy atom. The van der Waals surface area contributed by atoms with Crippen molar-refractivity contribution in [3.63, 3.8) is 0 Å². The van der Waals surface area contributed by atoms with Gasteiger partial charge in [0.2, 0.25) is 0 Å². The van der Waals surface area contributed by atoms with Crippen LogP contribution < -0.4 is 5.32 Å². The summed E-state index contributed by atoms with van der Waals surface area (Å²) in [6.07, 6.45) is 2.48. The average Bonchev–Trinajstić information content (AvgIpc) is 2.99. The lowest BCUT2D eigenvalue weighted by Crippen LogP contribution is -2.29. The number of nitrogens with one attached hydrogen (secondary N) is 1. The predicted molar refractivity (Wildman–Crippen MR) is 73.1 cm³/mol. The molecule has 2 rings (SSSR count). The van der Waals surface area contributed by atoms with E-state index in [0.717, 1.165) is 24.3 Å². The Kier molecular flexibility index (Phi) is 4.11. The molecule has 0 bridgehead atoms. The zero-order valence-corrected chi connectivity index (χ0v) is 11.2. The van der Waals surface area contributed by atoms with Gasteiger partial charge in [-0.05, 0) is 35.0 Å². The topological polar surface area (TPSA) is 75.9 Å². The van der Waals surface area contributed by atoms with Gasteiger partial charge in [0.25, 0.3) is 0 Å². The van der Waals surface area contributed by atoms with Crippen LogP contribution in [0.5, 0.6) is 0 Å². The molecule has 6 heteroatoms. The first kappa shape index (κ1) is 13.5. The number of aliphatic hydroxyl groups excluding tert-OH is 1. The Morgan fingerprint density at radius 1 is 1.42 bits per heavy atom. The van der Waals surface area contributed by atoms with Gasteiger partial charge in [0.05, 0.1) is 12.3 Å². The van der Waals surface area contributed by atoms with Crippen LogP contribution in [0.1, 0.15) is 20.3 Å². The van der Waals surface area contributed by atoms with Crippen molar-refractivity contribution >= 4 is 5.69 Å². The third-order valence-corrected chi connectivity index (χ3v) is 3.41. The zero-order chi connectivity index (χ0) is 13.7. The van der Waals surface area contributed by atoms with Crippen LogP contribution in [0.25, 0.3) is 5.69 Å². The summed E-state index contributed by atoms with van der Waals surface area (Å²) in [5.41, 5.74) is 1.78. The molecule has 102 valence electrons. The molecule has 1 unspecified atom stereocenters. The molecule has 0 aliphatic carbocycles. The lowest BCUT2D eigenvalue weighted by molar-refractivity contribution is 0.149. The molecule has 0 fully saturated rings. The molecule has 1 heterocycles. The lowest BCUT2D eigenvalue weighted by Gasteiger charge is -2.26. The van der Waals surface area contributed by atoms with Gasteiger partial charge in [0, 0.05) is 17.6 Å². The molecule has 2 N–H and O–H groups in total. The number of tetrazole rings is 1. The Bertz CT molecular complexity index is 508. The lowest BCUT2D eigenvalue weighted by atomic mass is 9.88. The molecule has 0 aliphatic heterocycles. The number of aromatic nitrogens is 4. The number of nitrogens with zero attached hydrogens (tertiary/aromatic N) is 4. The maximum absolute atomic E-state index is 9.40. The standard InChI is InChI=1S/C13H19N5O/c1-3-13(2,9-19)8-14-11-5-4-6-12(7-11)18-10-15-16-17-18/h4-7,10,14,19H,3,8-9H2,1-2H3. The van der Waals surface area contributed by atoms with E-state index in [1.54, 1.807) is 11.0 Å². The normalized spacial score (nSPS) is 14.1. The fraction of sp³-hybridized carbons (Fsp3) is 0.462. The van der Waals surface area contributed by atoms with E-state index < -0.39 is 0 Å². The molecule has 0 saturated carbocycles. The van der Waals surface area contributed by atoms with Crippen LogP contribution in [0.15, 0.2) is 30.6 Å². The Hall–Kier alpha value is -1.95. The van der Waals surface area contributed by atoms with Crippen LogP contribution in [0.3, 0.4) is 0 Å². The quantitative estimate of drug-likeness (QED) is 0.823. The van der Waals surface area contributed by atoms with Crippen molar-refractivity contribution < 1.29 is 5.11 Å². The van der Waals surface area contributed by atoms with Crippen molar-refractivity contribution in [2.24, 2.45) is 5.41 Å². The second-order valence-corrected chi connectivity index (χ2v) is 4.98. The van der Waals surface area contributed by atoms with E-state index in [0.29, 0.717) is 0 Å². The molecule has 0 aliphatic rings. The van der Waals surface area contributed by atoms with E-state index in [-0.39, 0.29) is 12.0 Å². The summed E-state index contributed by atoms with van der Waals surface area (Å²) < 4.78 is 1.61. The van der Waals surface area contributed by atoms with Crippen molar-refractivity contribution in [1.82, 2.24) is 20.2 Å². The smallest absolute Gasteiger partial charge is 0.143 e. The maximum Gasteiger partial charge on any atom is 0.143 e. The fourth-order valence-electron chi connectivity index (χ4n) is 1.65. The number of anilines is 1. The largest absolute Gasteiger partial charge is 0.396 e. The first-order chi connectivity index (χ1) is 9.17. The highest BCUT2D eigenvalue weighted by Crippen LogP contribution is 2.21. The van der Waals surface area contributed by atoms with Crippen LogP contribution in [0.4, 0.5) is 5.69 Å². The monoisotopic (exact) mass is 261 g/mol. The van der Waals surface area contributed by atoms with Crippen LogP contribution in [0, 0.1) is 5.41 Å². The van der Waals surface area contributed by atoms with Crippen molar-refractivity contribution in [1.29, 1.82) is 0 Å². The van der Waals surface area contributed by atoms with Gasteiger partial charge < -0.3 is 10.4 Å². The van der Waals surface area contributed by atoms with E-state index in [4.69, 9.17) is 0 Å². The summed E-state index contributed by atoms with van der Waals surface area (Å²) >= 11 is 0. The molecule has 0 spiro atoms. The highest BCUT2D eigenvalue weighted by atomic mass is 16.3. The predicted octanol–water partition coefficient (Wildman–Crippen LogP) is 1.48. The van der Waals surface area contributed by atoms with Crippen LogP contribution in [-0.4, -0.2) is 38.5 Å². The maximum atomic E-state index is 9.40. The molecule has 0 radical (unpaired) electrons. The van der Waals surface area contributed by atoms with E-state index in [1.165, 1.54) is 0 Å². The molecule has 6 nitrogen and oxygen atoms in total. The van der Waals surface area contributed by atoms with Gasteiger partial charge in [-0.2, -0.15) is 0 Å². The molecule has 19 heavy (non-hydrogen) atoms. The van der Waals surface area contributed by atoms with Crippen LogP contribution >= 0.6 is 0 Å². The van der Waals surface area contributed by atoms with E-state index in [9.17, 15) is 5.11 Å². The average molecular weight is 261 g/mol. The highest BCUT2D eigenvalue weighted by molar-refractivity contribution is 5.50. The minimum Gasteiger partial charge on any atom is -0.396 e. The first-order valence-corrected chi connectivity index (χ1v) is 6.35. The van der Waals surface area contributed by atoms with Crippen LogP contribution in [0.2, 0.25) is 0 Å². The summed E-state index contributed by atoms with van der Waals surface area (Å²) in [6.45, 7) is 5.03. The molecule has 0 saturated heterocycles. The van der Waals surface area contributed by atoms with Gasteiger partial charge in [0.15, 0.2) is 0 Å². The third-order valence-electron chi connectivity index (χ3n) is 3.41. The molecular weight excluding hydrogens is 242 g/mol. The van der Waals surface area contributed by atoms with Gasteiger partial charge in [0.1, 0.15) is 6.33 Å². The minimum atomic E-state index is -0.106. The fourth-order valence-corrected chi connectivity index (χ4v) is 1.65. The van der Waals surface area contributed by atoms with Gasteiger partial charge in [-0.25, -0.2) is 4.68 Å². The number of hydrogen-bond donors (Lipinski definition) is 2.